The first kappa shape index (κ1) is 14.2. The number of carbonyl (C=O) groups is 2. The highest BCUT2D eigenvalue weighted by molar-refractivity contribution is 6.31. The predicted molar refractivity (Wildman–Crippen MR) is 85.6 cm³/mol. The van der Waals surface area contributed by atoms with Crippen LogP contribution in [0.4, 0.5) is 15.8 Å². The second-order valence-electron chi connectivity index (χ2n) is 5.70. The monoisotopic (exact) mass is 330 g/mol. The molecule has 0 unspecified atom stereocenters. The fraction of sp³-hybridized carbons (Fsp3) is 0.176. The number of nitrogens with zero attached hydrogens (tertiary/aromatic N) is 1. The smallest absolute Gasteiger partial charge is 0.255 e. The van der Waals surface area contributed by atoms with Crippen LogP contribution in [-0.4, -0.2) is 18.4 Å². The van der Waals surface area contributed by atoms with Gasteiger partial charge in [-0.25, -0.2) is 4.39 Å². The van der Waals surface area contributed by atoms with E-state index in [1.807, 2.05) is 6.07 Å². The third-order valence-electron chi connectivity index (χ3n) is 4.22. The zero-order chi connectivity index (χ0) is 16.1. The van der Waals surface area contributed by atoms with Gasteiger partial charge in [-0.1, -0.05) is 11.6 Å². The topological polar surface area (TPSA) is 49.4 Å². The molecule has 0 atom stereocenters. The van der Waals surface area contributed by atoms with E-state index in [4.69, 9.17) is 11.6 Å². The lowest BCUT2D eigenvalue weighted by atomic mass is 10.0. The fourth-order valence-corrected chi connectivity index (χ4v) is 3.37. The molecule has 2 aliphatic rings. The average Bonchev–Trinajstić information content (AvgIpc) is 3.08. The molecule has 6 heteroatoms. The Hall–Kier alpha value is -2.40. The maximum absolute atomic E-state index is 13.2. The van der Waals surface area contributed by atoms with Crippen molar-refractivity contribution in [3.05, 3.63) is 57.9 Å². The molecule has 0 radical (unpaired) electrons. The molecular formula is C17H12ClFN2O2. The lowest BCUT2D eigenvalue weighted by molar-refractivity contribution is -0.117. The van der Waals surface area contributed by atoms with Crippen LogP contribution in [0.15, 0.2) is 30.3 Å². The Morgan fingerprint density at radius 2 is 2.00 bits per heavy atom. The van der Waals surface area contributed by atoms with E-state index in [2.05, 4.69) is 5.32 Å². The van der Waals surface area contributed by atoms with Crippen molar-refractivity contribution in [3.8, 4) is 0 Å². The van der Waals surface area contributed by atoms with Crippen LogP contribution in [-0.2, 0) is 17.6 Å². The Morgan fingerprint density at radius 3 is 2.78 bits per heavy atom. The normalized spacial score (nSPS) is 15.0. The molecule has 4 rings (SSSR count). The minimum Gasteiger partial charge on any atom is -0.322 e. The molecule has 0 saturated heterocycles. The summed E-state index contributed by atoms with van der Waals surface area (Å²) in [6, 6.07) is 7.60. The molecule has 0 bridgehead atoms. The van der Waals surface area contributed by atoms with Gasteiger partial charge in [0.25, 0.3) is 5.91 Å². The zero-order valence-electron chi connectivity index (χ0n) is 12.0. The standard InChI is InChI=1S/C17H12ClFN2O2/c18-13-8-12(1-2-14(13)19)20-17(23)11-5-9-3-4-21-15(22)7-10(6-11)16(9)21/h1-2,5-6,8H,3-4,7H2,(H,20,23). The summed E-state index contributed by atoms with van der Waals surface area (Å²) in [6.45, 7) is 0.680. The SMILES string of the molecule is O=C(Nc1ccc(F)c(Cl)c1)c1cc2c3c(c1)CC(=O)N3CC2. The summed E-state index contributed by atoms with van der Waals surface area (Å²) >= 11 is 5.72. The Labute approximate surface area is 136 Å². The van der Waals surface area contributed by atoms with Crippen LogP contribution in [0.2, 0.25) is 5.02 Å². The maximum atomic E-state index is 13.2. The molecule has 116 valence electrons. The molecule has 0 aliphatic carbocycles. The summed E-state index contributed by atoms with van der Waals surface area (Å²) in [5.41, 5.74) is 3.81. The summed E-state index contributed by atoms with van der Waals surface area (Å²) in [7, 11) is 0. The van der Waals surface area contributed by atoms with Gasteiger partial charge in [-0.15, -0.1) is 0 Å². The van der Waals surface area contributed by atoms with Gasteiger partial charge in [0.05, 0.1) is 17.1 Å². The lowest BCUT2D eigenvalue weighted by Gasteiger charge is -2.10. The van der Waals surface area contributed by atoms with Gasteiger partial charge in [0, 0.05) is 17.8 Å². The number of hydrogen-bond donors (Lipinski definition) is 1. The molecule has 1 N–H and O–H groups in total. The van der Waals surface area contributed by atoms with Crippen LogP contribution in [0.1, 0.15) is 21.5 Å². The van der Waals surface area contributed by atoms with Crippen LogP contribution in [0.3, 0.4) is 0 Å². The molecule has 2 aromatic carbocycles. The van der Waals surface area contributed by atoms with Gasteiger partial charge in [0.15, 0.2) is 0 Å². The van der Waals surface area contributed by atoms with Crippen LogP contribution in [0, 0.1) is 5.82 Å². The van der Waals surface area contributed by atoms with Crippen molar-refractivity contribution in [1.29, 1.82) is 0 Å². The average molecular weight is 331 g/mol. The van der Waals surface area contributed by atoms with E-state index in [1.54, 1.807) is 11.0 Å². The van der Waals surface area contributed by atoms with E-state index in [1.165, 1.54) is 18.2 Å². The van der Waals surface area contributed by atoms with Crippen molar-refractivity contribution in [1.82, 2.24) is 0 Å². The molecule has 0 spiro atoms. The second-order valence-corrected chi connectivity index (χ2v) is 6.11. The zero-order valence-corrected chi connectivity index (χ0v) is 12.8. The van der Waals surface area contributed by atoms with Crippen molar-refractivity contribution in [2.24, 2.45) is 0 Å². The van der Waals surface area contributed by atoms with Crippen molar-refractivity contribution < 1.29 is 14.0 Å². The lowest BCUT2D eigenvalue weighted by Crippen LogP contribution is -2.24. The maximum Gasteiger partial charge on any atom is 0.255 e. The Morgan fingerprint density at radius 1 is 1.22 bits per heavy atom. The number of amides is 2. The molecule has 23 heavy (non-hydrogen) atoms. The van der Waals surface area contributed by atoms with Crippen LogP contribution in [0.25, 0.3) is 0 Å². The molecule has 0 fully saturated rings. The van der Waals surface area contributed by atoms with Gasteiger partial charge in [-0.2, -0.15) is 0 Å². The number of halogens is 2. The molecule has 2 aliphatic heterocycles. The van der Waals surface area contributed by atoms with Crippen LogP contribution in [0.5, 0.6) is 0 Å². The second kappa shape index (κ2) is 5.06. The van der Waals surface area contributed by atoms with Crippen molar-refractivity contribution >= 4 is 34.8 Å². The van der Waals surface area contributed by atoms with Crippen LogP contribution < -0.4 is 10.2 Å². The molecule has 2 heterocycles. The van der Waals surface area contributed by atoms with E-state index in [0.717, 1.165) is 23.2 Å². The Balaban J connectivity index is 1.64. The van der Waals surface area contributed by atoms with Gasteiger partial charge in [0.2, 0.25) is 5.91 Å². The van der Waals surface area contributed by atoms with E-state index < -0.39 is 5.82 Å². The number of hydrogen-bond acceptors (Lipinski definition) is 2. The van der Waals surface area contributed by atoms with Crippen LogP contribution >= 0.6 is 11.6 Å². The quantitative estimate of drug-likeness (QED) is 0.919. The molecule has 4 nitrogen and oxygen atoms in total. The van der Waals surface area contributed by atoms with E-state index in [-0.39, 0.29) is 16.8 Å². The third-order valence-corrected chi connectivity index (χ3v) is 4.51. The fourth-order valence-electron chi connectivity index (χ4n) is 3.19. The summed E-state index contributed by atoms with van der Waals surface area (Å²) in [5, 5.41) is 2.66. The minimum atomic E-state index is -0.533. The number of benzene rings is 2. The highest BCUT2D eigenvalue weighted by atomic mass is 35.5. The van der Waals surface area contributed by atoms with Crippen molar-refractivity contribution in [2.75, 3.05) is 16.8 Å². The van der Waals surface area contributed by atoms with Gasteiger partial charge in [-0.05, 0) is 47.9 Å². The Kier molecular flexibility index (Phi) is 3.13. The largest absolute Gasteiger partial charge is 0.322 e. The summed E-state index contributed by atoms with van der Waals surface area (Å²) in [6.07, 6.45) is 1.10. The third kappa shape index (κ3) is 2.28. The van der Waals surface area contributed by atoms with Crippen molar-refractivity contribution in [3.63, 3.8) is 0 Å². The van der Waals surface area contributed by atoms with Gasteiger partial charge in [-0.3, -0.25) is 9.59 Å². The first-order valence-electron chi connectivity index (χ1n) is 7.25. The summed E-state index contributed by atoms with van der Waals surface area (Å²) in [5.74, 6) is -0.750. The number of carbonyl (C=O) groups excluding carboxylic acids is 2. The number of anilines is 2. The molecule has 2 amide bonds. The molecule has 0 saturated carbocycles. The molecule has 0 aromatic heterocycles. The first-order valence-corrected chi connectivity index (χ1v) is 7.63. The van der Waals surface area contributed by atoms with Gasteiger partial charge < -0.3 is 10.2 Å². The van der Waals surface area contributed by atoms with E-state index in [0.29, 0.717) is 24.2 Å². The first-order chi connectivity index (χ1) is 11.0. The van der Waals surface area contributed by atoms with Gasteiger partial charge in [0.1, 0.15) is 5.82 Å². The Bertz CT molecular complexity index is 866. The number of nitrogens with one attached hydrogen (secondary N) is 1. The highest BCUT2D eigenvalue weighted by Crippen LogP contribution is 2.38. The summed E-state index contributed by atoms with van der Waals surface area (Å²) < 4.78 is 13.2. The predicted octanol–water partition coefficient (Wildman–Crippen LogP) is 3.18. The number of rotatable bonds is 2. The van der Waals surface area contributed by atoms with E-state index in [9.17, 15) is 14.0 Å². The minimum absolute atomic E-state index is 0.0448. The molecule has 2 aromatic rings. The summed E-state index contributed by atoms with van der Waals surface area (Å²) in [4.78, 5) is 26.1. The van der Waals surface area contributed by atoms with Gasteiger partial charge >= 0.3 is 0 Å². The highest BCUT2D eigenvalue weighted by Gasteiger charge is 2.34. The van der Waals surface area contributed by atoms with E-state index >= 15 is 0 Å². The van der Waals surface area contributed by atoms with Crippen molar-refractivity contribution in [2.45, 2.75) is 12.8 Å². The molecular weight excluding hydrogens is 319 g/mol.